The Labute approximate surface area is 191 Å². The number of fused-ring (bicyclic) bond motifs is 5. The lowest BCUT2D eigenvalue weighted by molar-refractivity contribution is 0.0642. The summed E-state index contributed by atoms with van der Waals surface area (Å²) in [4.78, 5) is 15.0. The molecule has 2 aliphatic carbocycles. The number of rotatable bonds is 5. The van der Waals surface area contributed by atoms with Crippen LogP contribution in [-0.4, -0.2) is 39.3 Å². The van der Waals surface area contributed by atoms with Gasteiger partial charge >= 0.3 is 0 Å². The second kappa shape index (κ2) is 7.43. The number of aromatic nitrogens is 3. The molecule has 0 saturated heterocycles. The lowest BCUT2D eigenvalue weighted by atomic mass is 9.68. The lowest BCUT2D eigenvalue weighted by Gasteiger charge is -2.41. The van der Waals surface area contributed by atoms with Crippen molar-refractivity contribution in [3.8, 4) is 11.3 Å². The van der Waals surface area contributed by atoms with Crippen molar-refractivity contribution in [2.45, 2.75) is 51.9 Å². The van der Waals surface area contributed by atoms with Gasteiger partial charge in [-0.05, 0) is 61.8 Å². The van der Waals surface area contributed by atoms with E-state index in [1.54, 1.807) is 24.0 Å². The number of carbonyl (C=O) groups is 1. The molecule has 0 spiro atoms. The minimum atomic E-state index is -0.660. The number of amides is 1. The Kier molecular flexibility index (Phi) is 4.88. The highest BCUT2D eigenvalue weighted by Crippen LogP contribution is 2.67. The summed E-state index contributed by atoms with van der Waals surface area (Å²) in [6.07, 6.45) is 1.78. The summed E-state index contributed by atoms with van der Waals surface area (Å²) in [5, 5.41) is 12.7. The fourth-order valence-electron chi connectivity index (χ4n) is 5.92. The Morgan fingerprint density at radius 1 is 1.21 bits per heavy atom. The molecule has 0 unspecified atom stereocenters. The highest BCUT2D eigenvalue weighted by Gasteiger charge is 2.64. The van der Waals surface area contributed by atoms with Crippen LogP contribution in [0.3, 0.4) is 0 Å². The highest BCUT2D eigenvalue weighted by molar-refractivity contribution is 5.92. The van der Waals surface area contributed by atoms with Gasteiger partial charge in [0.1, 0.15) is 17.4 Å². The summed E-state index contributed by atoms with van der Waals surface area (Å²) < 4.78 is 33.9. The average molecular weight is 453 g/mol. The van der Waals surface area contributed by atoms with Gasteiger partial charge in [-0.15, -0.1) is 0 Å². The fraction of sp³-hybridized carbons (Fsp3) is 0.440. The molecular weight excluding hydrogens is 426 g/mol. The lowest BCUT2D eigenvalue weighted by Crippen LogP contribution is -2.48. The summed E-state index contributed by atoms with van der Waals surface area (Å²) in [6, 6.07) is 7.21. The maximum Gasteiger partial charge on any atom is 0.276 e. The van der Waals surface area contributed by atoms with E-state index >= 15 is 0 Å². The first-order valence-electron chi connectivity index (χ1n) is 11.2. The van der Waals surface area contributed by atoms with Crippen molar-refractivity contribution in [2.75, 3.05) is 13.1 Å². The normalized spacial score (nSPS) is 22.4. The molecule has 33 heavy (non-hydrogen) atoms. The van der Waals surface area contributed by atoms with Crippen LogP contribution in [0.15, 0.2) is 34.9 Å². The van der Waals surface area contributed by atoms with Gasteiger partial charge in [0.15, 0.2) is 5.69 Å². The number of nitrogens with zero attached hydrogens (tertiary/aromatic N) is 4. The Bertz CT molecular complexity index is 1230. The molecular formula is C25H26F2N4O2. The molecule has 5 rings (SSSR count). The molecule has 3 aromatic rings. The van der Waals surface area contributed by atoms with Crippen molar-refractivity contribution in [2.24, 2.45) is 5.41 Å². The van der Waals surface area contributed by atoms with Crippen LogP contribution in [0.1, 0.15) is 67.0 Å². The summed E-state index contributed by atoms with van der Waals surface area (Å²) in [5.41, 5.74) is 1.51. The predicted octanol–water partition coefficient (Wildman–Crippen LogP) is 5.04. The maximum atomic E-state index is 14.4. The van der Waals surface area contributed by atoms with Crippen LogP contribution in [0.5, 0.6) is 0 Å². The van der Waals surface area contributed by atoms with Crippen molar-refractivity contribution in [3.05, 3.63) is 64.7 Å². The molecule has 2 bridgehead atoms. The molecule has 8 heteroatoms. The average Bonchev–Trinajstić information content (AvgIpc) is 3.37. The van der Waals surface area contributed by atoms with E-state index in [1.807, 2.05) is 6.92 Å². The first-order chi connectivity index (χ1) is 15.7. The maximum absolute atomic E-state index is 14.4. The molecule has 2 aliphatic rings. The van der Waals surface area contributed by atoms with Gasteiger partial charge in [0, 0.05) is 24.6 Å². The first kappa shape index (κ1) is 21.7. The van der Waals surface area contributed by atoms with Crippen molar-refractivity contribution in [1.29, 1.82) is 0 Å². The Morgan fingerprint density at radius 2 is 1.94 bits per heavy atom. The van der Waals surface area contributed by atoms with E-state index in [0.29, 0.717) is 18.8 Å². The predicted molar refractivity (Wildman–Crippen MR) is 118 cm³/mol. The van der Waals surface area contributed by atoms with Gasteiger partial charge in [-0.3, -0.25) is 4.79 Å². The minimum absolute atomic E-state index is 0.158. The SMILES string of the molecule is CCN(C[C@@]12CC[C@@H](c3cc(-c4c(F)cccc4F)nnc31)C2(C)C)C(=O)c1cc(C)on1. The zero-order chi connectivity index (χ0) is 23.5. The molecule has 1 saturated carbocycles. The third kappa shape index (κ3) is 3.03. The van der Waals surface area contributed by atoms with Gasteiger partial charge in [0.05, 0.1) is 17.0 Å². The van der Waals surface area contributed by atoms with E-state index in [9.17, 15) is 13.6 Å². The molecule has 2 atom stereocenters. The molecule has 0 aliphatic heterocycles. The van der Waals surface area contributed by atoms with Crippen molar-refractivity contribution < 1.29 is 18.1 Å². The van der Waals surface area contributed by atoms with E-state index in [4.69, 9.17) is 4.52 Å². The Balaban J connectivity index is 1.56. The molecule has 0 radical (unpaired) electrons. The van der Waals surface area contributed by atoms with Crippen LogP contribution in [0.4, 0.5) is 8.78 Å². The molecule has 1 amide bonds. The number of benzene rings is 1. The van der Waals surface area contributed by atoms with Crippen molar-refractivity contribution in [1.82, 2.24) is 20.3 Å². The number of likely N-dealkylation sites (N-methyl/N-ethyl adjacent to an activating group) is 1. The number of hydrogen-bond acceptors (Lipinski definition) is 5. The number of aryl methyl sites for hydroxylation is 1. The van der Waals surface area contributed by atoms with Gasteiger partial charge in [0.2, 0.25) is 0 Å². The Morgan fingerprint density at radius 3 is 2.58 bits per heavy atom. The van der Waals surface area contributed by atoms with Crippen LogP contribution in [0.2, 0.25) is 0 Å². The van der Waals surface area contributed by atoms with Crippen LogP contribution in [-0.2, 0) is 5.41 Å². The van der Waals surface area contributed by atoms with Gasteiger partial charge in [-0.1, -0.05) is 25.1 Å². The molecule has 6 nitrogen and oxygen atoms in total. The molecule has 172 valence electrons. The number of carbonyl (C=O) groups excluding carboxylic acids is 1. The van der Waals surface area contributed by atoms with Crippen LogP contribution in [0.25, 0.3) is 11.3 Å². The molecule has 0 N–H and O–H groups in total. The molecule has 1 aromatic carbocycles. The number of hydrogen-bond donors (Lipinski definition) is 0. The van der Waals surface area contributed by atoms with E-state index in [-0.39, 0.29) is 34.2 Å². The summed E-state index contributed by atoms with van der Waals surface area (Å²) in [5.74, 6) is -0.757. The summed E-state index contributed by atoms with van der Waals surface area (Å²) >= 11 is 0. The van der Waals surface area contributed by atoms with Gasteiger partial charge in [0.25, 0.3) is 5.91 Å². The van der Waals surface area contributed by atoms with Gasteiger partial charge in [-0.2, -0.15) is 10.2 Å². The van der Waals surface area contributed by atoms with Crippen LogP contribution < -0.4 is 0 Å². The van der Waals surface area contributed by atoms with E-state index < -0.39 is 17.0 Å². The largest absolute Gasteiger partial charge is 0.361 e. The second-order valence-electron chi connectivity index (χ2n) is 9.67. The zero-order valence-corrected chi connectivity index (χ0v) is 19.2. The quantitative estimate of drug-likeness (QED) is 0.543. The molecule has 2 aromatic heterocycles. The molecule has 2 heterocycles. The minimum Gasteiger partial charge on any atom is -0.361 e. The highest BCUT2D eigenvalue weighted by atomic mass is 19.1. The summed E-state index contributed by atoms with van der Waals surface area (Å²) in [7, 11) is 0. The molecule has 1 fully saturated rings. The third-order valence-corrected chi connectivity index (χ3v) is 7.81. The third-order valence-electron chi connectivity index (χ3n) is 7.81. The van der Waals surface area contributed by atoms with E-state index in [2.05, 4.69) is 29.2 Å². The standard InChI is InChI=1S/C25H26F2N4O2/c1-5-31(23(32)20-11-14(2)33-30-20)13-25-10-9-16(24(25,3)4)15-12-19(28-29-22(15)25)21-17(26)7-6-8-18(21)27/h6-8,11-12,16H,5,9-10,13H2,1-4H3/t16-,25-/m0/s1. The topological polar surface area (TPSA) is 72.1 Å². The van der Waals surface area contributed by atoms with Crippen LogP contribution in [0, 0.1) is 24.0 Å². The Hall–Kier alpha value is -3.16. The van der Waals surface area contributed by atoms with E-state index in [0.717, 1.165) is 24.1 Å². The monoisotopic (exact) mass is 452 g/mol. The summed E-state index contributed by atoms with van der Waals surface area (Å²) in [6.45, 7) is 9.04. The number of halogens is 2. The van der Waals surface area contributed by atoms with Gasteiger partial charge in [-0.25, -0.2) is 8.78 Å². The van der Waals surface area contributed by atoms with E-state index in [1.165, 1.54) is 18.2 Å². The van der Waals surface area contributed by atoms with Crippen LogP contribution >= 0.6 is 0 Å². The fourth-order valence-corrected chi connectivity index (χ4v) is 5.92. The van der Waals surface area contributed by atoms with Gasteiger partial charge < -0.3 is 9.42 Å². The smallest absolute Gasteiger partial charge is 0.276 e. The van der Waals surface area contributed by atoms with Crippen molar-refractivity contribution in [3.63, 3.8) is 0 Å². The first-order valence-corrected chi connectivity index (χ1v) is 11.2. The second-order valence-corrected chi connectivity index (χ2v) is 9.67. The zero-order valence-electron chi connectivity index (χ0n) is 19.2. The van der Waals surface area contributed by atoms with Crippen molar-refractivity contribution >= 4 is 5.91 Å².